The van der Waals surface area contributed by atoms with Crippen LogP contribution in [0.3, 0.4) is 0 Å². The number of hydrogen-bond acceptors (Lipinski definition) is 3. The Kier molecular flexibility index (Phi) is 5.41. The summed E-state index contributed by atoms with van der Waals surface area (Å²) in [7, 11) is 0. The van der Waals surface area contributed by atoms with Gasteiger partial charge < -0.3 is 9.88 Å². The van der Waals surface area contributed by atoms with E-state index in [4.69, 9.17) is 23.2 Å². The molecule has 0 radical (unpaired) electrons. The third-order valence-electron chi connectivity index (χ3n) is 4.75. The van der Waals surface area contributed by atoms with Crippen LogP contribution in [0.15, 0.2) is 40.9 Å². The van der Waals surface area contributed by atoms with Crippen LogP contribution >= 0.6 is 39.1 Å². The monoisotopic (exact) mass is 466 g/mol. The fourth-order valence-electron chi connectivity index (χ4n) is 3.25. The molecule has 1 saturated heterocycles. The minimum atomic E-state index is -0.0715. The lowest BCUT2D eigenvalue weighted by molar-refractivity contribution is 0.0618. The highest BCUT2D eigenvalue weighted by Gasteiger charge is 2.25. The molecule has 0 atom stereocenters. The summed E-state index contributed by atoms with van der Waals surface area (Å²) in [5.41, 5.74) is 2.57. The minimum absolute atomic E-state index is 0.0715. The van der Waals surface area contributed by atoms with Crippen molar-refractivity contribution < 1.29 is 4.79 Å². The number of fused-ring (bicyclic) bond motifs is 1. The van der Waals surface area contributed by atoms with Gasteiger partial charge in [0, 0.05) is 52.8 Å². The third-order valence-corrected chi connectivity index (χ3v) is 5.95. The number of hydrogen-bond donors (Lipinski definition) is 1. The molecule has 0 bridgehead atoms. The van der Waals surface area contributed by atoms with Gasteiger partial charge in [0.2, 0.25) is 0 Å². The molecule has 0 unspecified atom stereocenters. The van der Waals surface area contributed by atoms with Gasteiger partial charge in [0.05, 0.1) is 11.0 Å². The molecule has 1 amide bonds. The van der Waals surface area contributed by atoms with E-state index in [2.05, 4.69) is 30.8 Å². The number of rotatable bonds is 3. The van der Waals surface area contributed by atoms with Crippen molar-refractivity contribution in [2.75, 3.05) is 26.2 Å². The molecule has 0 spiro atoms. The van der Waals surface area contributed by atoms with Gasteiger partial charge in [0.15, 0.2) is 5.82 Å². The number of amides is 1. The molecule has 0 saturated carbocycles. The van der Waals surface area contributed by atoms with Crippen molar-refractivity contribution in [1.82, 2.24) is 19.8 Å². The van der Waals surface area contributed by atoms with Gasteiger partial charge in [-0.2, -0.15) is 0 Å². The number of aromatic amines is 1. The summed E-state index contributed by atoms with van der Waals surface area (Å²) in [4.78, 5) is 24.4. The molecule has 27 heavy (non-hydrogen) atoms. The predicted molar refractivity (Wildman–Crippen MR) is 111 cm³/mol. The van der Waals surface area contributed by atoms with Gasteiger partial charge in [-0.3, -0.25) is 9.69 Å². The Bertz CT molecular complexity index is 978. The smallest absolute Gasteiger partial charge is 0.289 e. The number of H-pyrrole nitrogens is 1. The van der Waals surface area contributed by atoms with Crippen molar-refractivity contribution in [2.45, 2.75) is 6.54 Å². The molecule has 1 aromatic heterocycles. The molecular formula is C19H17BrCl2N4O. The highest BCUT2D eigenvalue weighted by atomic mass is 79.9. The summed E-state index contributed by atoms with van der Waals surface area (Å²) >= 11 is 16.0. The Morgan fingerprint density at radius 3 is 2.52 bits per heavy atom. The zero-order valence-electron chi connectivity index (χ0n) is 14.4. The van der Waals surface area contributed by atoms with E-state index in [1.54, 1.807) is 0 Å². The number of nitrogens with zero attached hydrogens (tertiary/aromatic N) is 3. The van der Waals surface area contributed by atoms with Crippen molar-refractivity contribution in [1.29, 1.82) is 0 Å². The largest absolute Gasteiger partial charge is 0.334 e. The number of imidazole rings is 1. The van der Waals surface area contributed by atoms with Gasteiger partial charge >= 0.3 is 0 Å². The van der Waals surface area contributed by atoms with E-state index in [1.165, 1.54) is 0 Å². The maximum atomic E-state index is 12.8. The zero-order chi connectivity index (χ0) is 19.0. The van der Waals surface area contributed by atoms with Crippen LogP contribution in [-0.4, -0.2) is 51.9 Å². The average Bonchev–Trinajstić information content (AvgIpc) is 3.08. The average molecular weight is 468 g/mol. The summed E-state index contributed by atoms with van der Waals surface area (Å²) < 4.78 is 0.949. The Labute approximate surface area is 175 Å². The Balaban J connectivity index is 1.41. The molecule has 1 N–H and O–H groups in total. The van der Waals surface area contributed by atoms with Crippen molar-refractivity contribution in [3.8, 4) is 0 Å². The van der Waals surface area contributed by atoms with Crippen LogP contribution in [0, 0.1) is 0 Å². The van der Waals surface area contributed by atoms with Crippen LogP contribution in [0.4, 0.5) is 0 Å². The maximum Gasteiger partial charge on any atom is 0.289 e. The lowest BCUT2D eigenvalue weighted by atomic mass is 10.2. The number of carbonyl (C=O) groups is 1. The summed E-state index contributed by atoms with van der Waals surface area (Å²) in [5, 5.41) is 1.35. The first-order valence-corrected chi connectivity index (χ1v) is 10.2. The SMILES string of the molecule is O=C(c1nc2ccc(Br)cc2[nH]1)N1CCN(Cc2c(Cl)cccc2Cl)CC1. The molecule has 140 valence electrons. The van der Waals surface area contributed by atoms with E-state index < -0.39 is 0 Å². The highest BCUT2D eigenvalue weighted by Crippen LogP contribution is 2.26. The molecule has 1 fully saturated rings. The number of piperazine rings is 1. The molecule has 4 rings (SSSR count). The predicted octanol–water partition coefficient (Wildman–Crippen LogP) is 4.59. The maximum absolute atomic E-state index is 12.8. The molecule has 5 nitrogen and oxygen atoms in total. The first kappa shape index (κ1) is 18.7. The van der Waals surface area contributed by atoms with Crippen molar-refractivity contribution in [3.63, 3.8) is 0 Å². The molecule has 1 aliphatic rings. The van der Waals surface area contributed by atoms with Gasteiger partial charge in [0.1, 0.15) is 0 Å². The van der Waals surface area contributed by atoms with Crippen LogP contribution in [0.1, 0.15) is 16.2 Å². The summed E-state index contributed by atoms with van der Waals surface area (Å²) in [6.45, 7) is 3.49. The molecular weight excluding hydrogens is 451 g/mol. The Hall–Kier alpha value is -1.60. The van der Waals surface area contributed by atoms with Gasteiger partial charge in [-0.15, -0.1) is 0 Å². The van der Waals surface area contributed by atoms with Gasteiger partial charge in [0.25, 0.3) is 5.91 Å². The van der Waals surface area contributed by atoms with E-state index in [9.17, 15) is 4.79 Å². The number of halogens is 3. The fraction of sp³-hybridized carbons (Fsp3) is 0.263. The molecule has 3 aromatic rings. The van der Waals surface area contributed by atoms with Crippen molar-refractivity contribution in [2.24, 2.45) is 0 Å². The lowest BCUT2D eigenvalue weighted by Gasteiger charge is -2.34. The van der Waals surface area contributed by atoms with Crippen LogP contribution in [-0.2, 0) is 6.54 Å². The topological polar surface area (TPSA) is 52.2 Å². The second-order valence-corrected chi connectivity index (χ2v) is 8.25. The first-order valence-electron chi connectivity index (χ1n) is 8.61. The highest BCUT2D eigenvalue weighted by molar-refractivity contribution is 9.10. The van der Waals surface area contributed by atoms with Crippen molar-refractivity contribution in [3.05, 3.63) is 62.3 Å². The molecule has 2 heterocycles. The zero-order valence-corrected chi connectivity index (χ0v) is 17.5. The summed E-state index contributed by atoms with van der Waals surface area (Å²) in [6, 6.07) is 11.3. The van der Waals surface area contributed by atoms with Gasteiger partial charge in [-0.25, -0.2) is 4.98 Å². The normalized spacial score (nSPS) is 15.4. The quantitative estimate of drug-likeness (QED) is 0.612. The van der Waals surface area contributed by atoms with Crippen LogP contribution in [0.2, 0.25) is 10.0 Å². The number of aromatic nitrogens is 2. The number of benzene rings is 2. The molecule has 8 heteroatoms. The fourth-order valence-corrected chi connectivity index (χ4v) is 4.13. The van der Waals surface area contributed by atoms with E-state index in [1.807, 2.05) is 41.3 Å². The van der Waals surface area contributed by atoms with E-state index in [0.29, 0.717) is 35.5 Å². The van der Waals surface area contributed by atoms with Crippen molar-refractivity contribution >= 4 is 56.1 Å². The van der Waals surface area contributed by atoms with Crippen LogP contribution in [0.25, 0.3) is 11.0 Å². The summed E-state index contributed by atoms with van der Waals surface area (Å²) in [5.74, 6) is 0.309. The lowest BCUT2D eigenvalue weighted by Crippen LogP contribution is -2.48. The number of nitrogens with one attached hydrogen (secondary N) is 1. The van der Waals surface area contributed by atoms with Crippen LogP contribution < -0.4 is 0 Å². The minimum Gasteiger partial charge on any atom is -0.334 e. The summed E-state index contributed by atoms with van der Waals surface area (Å²) in [6.07, 6.45) is 0. The Morgan fingerprint density at radius 1 is 1.11 bits per heavy atom. The second kappa shape index (κ2) is 7.80. The standard InChI is InChI=1S/C19H17BrCl2N4O/c20-12-4-5-16-17(10-12)24-18(23-16)19(27)26-8-6-25(7-9-26)11-13-14(21)2-1-3-15(13)22/h1-5,10H,6-9,11H2,(H,23,24). The molecule has 1 aliphatic heterocycles. The van der Waals surface area contributed by atoms with E-state index >= 15 is 0 Å². The Morgan fingerprint density at radius 2 is 1.81 bits per heavy atom. The van der Waals surface area contributed by atoms with E-state index in [0.717, 1.165) is 34.2 Å². The second-order valence-electron chi connectivity index (χ2n) is 6.52. The molecule has 0 aliphatic carbocycles. The van der Waals surface area contributed by atoms with Gasteiger partial charge in [-0.05, 0) is 30.3 Å². The number of carbonyl (C=O) groups excluding carboxylic acids is 1. The molecule has 2 aromatic carbocycles. The first-order chi connectivity index (χ1) is 13.0. The van der Waals surface area contributed by atoms with Gasteiger partial charge in [-0.1, -0.05) is 45.2 Å². The third kappa shape index (κ3) is 3.99. The van der Waals surface area contributed by atoms with E-state index in [-0.39, 0.29) is 5.91 Å². The van der Waals surface area contributed by atoms with Crippen LogP contribution in [0.5, 0.6) is 0 Å².